The van der Waals surface area contributed by atoms with Gasteiger partial charge in [-0.05, 0) is 6.92 Å². The Morgan fingerprint density at radius 3 is 2.23 bits per heavy atom. The molecular formula is C6H6F3N3O. The Kier molecular flexibility index (Phi) is 2.35. The zero-order valence-electron chi connectivity index (χ0n) is 6.88. The molecule has 0 amide bonds. The van der Waals surface area contributed by atoms with E-state index >= 15 is 0 Å². The highest BCUT2D eigenvalue weighted by Crippen LogP contribution is 2.26. The minimum atomic E-state index is -4.57. The van der Waals surface area contributed by atoms with E-state index in [1.807, 2.05) is 0 Å². The first-order valence-electron chi connectivity index (χ1n) is 3.27. The number of nitrogens with zero attached hydrogens (tertiary/aromatic N) is 3. The lowest BCUT2D eigenvalue weighted by atomic mass is 10.5. The van der Waals surface area contributed by atoms with Gasteiger partial charge in [-0.2, -0.15) is 23.1 Å². The zero-order chi connectivity index (χ0) is 10.1. The molecule has 7 heteroatoms. The fourth-order valence-electron chi connectivity index (χ4n) is 0.675. The van der Waals surface area contributed by atoms with Gasteiger partial charge in [-0.3, -0.25) is 0 Å². The number of halogens is 3. The van der Waals surface area contributed by atoms with Crippen molar-refractivity contribution in [2.75, 3.05) is 7.11 Å². The third-order valence-corrected chi connectivity index (χ3v) is 1.16. The lowest BCUT2D eigenvalue weighted by molar-refractivity contribution is -0.145. The van der Waals surface area contributed by atoms with Crippen molar-refractivity contribution in [2.24, 2.45) is 0 Å². The summed E-state index contributed by atoms with van der Waals surface area (Å²) >= 11 is 0. The highest BCUT2D eigenvalue weighted by atomic mass is 19.4. The predicted molar refractivity (Wildman–Crippen MR) is 36.1 cm³/mol. The van der Waals surface area contributed by atoms with Crippen LogP contribution < -0.4 is 4.74 Å². The Morgan fingerprint density at radius 2 is 1.77 bits per heavy atom. The second-order valence-electron chi connectivity index (χ2n) is 2.19. The molecule has 1 heterocycles. The number of ether oxygens (including phenoxy) is 1. The van der Waals surface area contributed by atoms with Crippen molar-refractivity contribution in [3.8, 4) is 6.01 Å². The molecule has 4 nitrogen and oxygen atoms in total. The van der Waals surface area contributed by atoms with Crippen LogP contribution in [0, 0.1) is 6.92 Å². The van der Waals surface area contributed by atoms with Crippen LogP contribution in [-0.4, -0.2) is 22.1 Å². The van der Waals surface area contributed by atoms with Crippen LogP contribution >= 0.6 is 0 Å². The molecule has 0 spiro atoms. The fraction of sp³-hybridized carbons (Fsp3) is 0.500. The second-order valence-corrected chi connectivity index (χ2v) is 2.19. The SMILES string of the molecule is COc1nc(C)nc(C(F)(F)F)n1. The van der Waals surface area contributed by atoms with Gasteiger partial charge < -0.3 is 4.74 Å². The minimum absolute atomic E-state index is 0.0285. The van der Waals surface area contributed by atoms with Gasteiger partial charge in [0.1, 0.15) is 5.82 Å². The highest BCUT2D eigenvalue weighted by molar-refractivity contribution is 5.02. The first-order chi connectivity index (χ1) is 5.93. The van der Waals surface area contributed by atoms with Crippen LogP contribution in [0.15, 0.2) is 0 Å². The molecule has 0 saturated heterocycles. The number of methoxy groups -OCH3 is 1. The molecule has 0 aliphatic heterocycles. The van der Waals surface area contributed by atoms with Crippen molar-refractivity contribution < 1.29 is 17.9 Å². The maximum atomic E-state index is 12.1. The van der Waals surface area contributed by atoms with Gasteiger partial charge in [0, 0.05) is 0 Å². The van der Waals surface area contributed by atoms with Crippen molar-refractivity contribution in [1.29, 1.82) is 0 Å². The van der Waals surface area contributed by atoms with Gasteiger partial charge in [0.2, 0.25) is 5.82 Å². The molecule has 0 aliphatic rings. The summed E-state index contributed by atoms with van der Waals surface area (Å²) in [7, 11) is 1.19. The van der Waals surface area contributed by atoms with E-state index in [2.05, 4.69) is 19.7 Å². The summed E-state index contributed by atoms with van der Waals surface area (Å²) in [5, 5.41) is 0. The molecule has 0 unspecified atom stereocenters. The van der Waals surface area contributed by atoms with E-state index in [-0.39, 0.29) is 11.8 Å². The monoisotopic (exact) mass is 193 g/mol. The molecule has 0 aromatic carbocycles. The molecule has 0 fully saturated rings. The molecule has 13 heavy (non-hydrogen) atoms. The number of hydrogen-bond donors (Lipinski definition) is 0. The summed E-state index contributed by atoms with van der Waals surface area (Å²) in [6.45, 7) is 1.33. The summed E-state index contributed by atoms with van der Waals surface area (Å²) < 4.78 is 40.7. The molecule has 0 saturated carbocycles. The topological polar surface area (TPSA) is 47.9 Å². The number of hydrogen-bond acceptors (Lipinski definition) is 4. The quantitative estimate of drug-likeness (QED) is 0.672. The van der Waals surface area contributed by atoms with E-state index in [9.17, 15) is 13.2 Å². The van der Waals surface area contributed by atoms with Crippen molar-refractivity contribution in [2.45, 2.75) is 13.1 Å². The van der Waals surface area contributed by atoms with Gasteiger partial charge in [-0.25, -0.2) is 4.98 Å². The molecule has 0 N–H and O–H groups in total. The summed E-state index contributed by atoms with van der Waals surface area (Å²) in [5.74, 6) is -1.27. The zero-order valence-corrected chi connectivity index (χ0v) is 6.88. The van der Waals surface area contributed by atoms with Crippen LogP contribution in [0.25, 0.3) is 0 Å². The number of aromatic nitrogens is 3. The molecule has 0 bridgehead atoms. The van der Waals surface area contributed by atoms with E-state index in [1.165, 1.54) is 14.0 Å². The molecule has 1 rings (SSSR count). The predicted octanol–water partition coefficient (Wildman–Crippen LogP) is 1.21. The van der Waals surface area contributed by atoms with Crippen molar-refractivity contribution in [1.82, 2.24) is 15.0 Å². The fourth-order valence-corrected chi connectivity index (χ4v) is 0.675. The van der Waals surface area contributed by atoms with Gasteiger partial charge >= 0.3 is 12.2 Å². The van der Waals surface area contributed by atoms with Gasteiger partial charge in [-0.1, -0.05) is 0 Å². The van der Waals surface area contributed by atoms with Crippen molar-refractivity contribution >= 4 is 0 Å². The lowest BCUT2D eigenvalue weighted by Crippen LogP contribution is -2.13. The average molecular weight is 193 g/mol. The Balaban J connectivity index is 3.16. The summed E-state index contributed by atoms with van der Waals surface area (Å²) in [6, 6.07) is -0.333. The smallest absolute Gasteiger partial charge is 0.451 e. The van der Waals surface area contributed by atoms with E-state index < -0.39 is 12.0 Å². The number of rotatable bonds is 1. The van der Waals surface area contributed by atoms with Crippen LogP contribution in [0.1, 0.15) is 11.6 Å². The Bertz CT molecular complexity index is 312. The molecule has 1 aromatic rings. The normalized spacial score (nSPS) is 11.5. The molecule has 1 aromatic heterocycles. The summed E-state index contributed by atoms with van der Waals surface area (Å²) in [6.07, 6.45) is -4.57. The minimum Gasteiger partial charge on any atom is -0.467 e. The Labute approximate surface area is 71.8 Å². The summed E-state index contributed by atoms with van der Waals surface area (Å²) in [5.41, 5.74) is 0. The number of aryl methyl sites for hydroxylation is 1. The first kappa shape index (κ1) is 9.69. The van der Waals surface area contributed by atoms with E-state index in [1.54, 1.807) is 0 Å². The van der Waals surface area contributed by atoms with Crippen LogP contribution in [0.2, 0.25) is 0 Å². The molecule has 0 aliphatic carbocycles. The third kappa shape index (κ3) is 2.27. The third-order valence-electron chi connectivity index (χ3n) is 1.16. The standard InChI is InChI=1S/C6H6F3N3O/c1-3-10-4(6(7,8)9)12-5(11-3)13-2/h1-2H3. The lowest BCUT2D eigenvalue weighted by Gasteiger charge is -2.05. The Hall–Kier alpha value is -1.40. The van der Waals surface area contributed by atoms with Crippen LogP contribution in [0.3, 0.4) is 0 Å². The van der Waals surface area contributed by atoms with E-state index in [4.69, 9.17) is 0 Å². The van der Waals surface area contributed by atoms with Crippen LogP contribution in [0.4, 0.5) is 13.2 Å². The maximum absolute atomic E-state index is 12.1. The highest BCUT2D eigenvalue weighted by Gasteiger charge is 2.35. The first-order valence-corrected chi connectivity index (χ1v) is 3.27. The van der Waals surface area contributed by atoms with Crippen LogP contribution in [-0.2, 0) is 6.18 Å². The molecule has 0 radical (unpaired) electrons. The number of alkyl halides is 3. The van der Waals surface area contributed by atoms with Crippen LogP contribution in [0.5, 0.6) is 6.01 Å². The van der Waals surface area contributed by atoms with E-state index in [0.717, 1.165) is 0 Å². The Morgan fingerprint density at radius 1 is 1.15 bits per heavy atom. The molecule has 0 atom stereocenters. The molecular weight excluding hydrogens is 187 g/mol. The van der Waals surface area contributed by atoms with Gasteiger partial charge in [0.25, 0.3) is 0 Å². The largest absolute Gasteiger partial charge is 0.467 e. The van der Waals surface area contributed by atoms with Crippen molar-refractivity contribution in [3.05, 3.63) is 11.6 Å². The van der Waals surface area contributed by atoms with Gasteiger partial charge in [0.15, 0.2) is 0 Å². The molecule has 72 valence electrons. The van der Waals surface area contributed by atoms with Gasteiger partial charge in [-0.15, -0.1) is 0 Å². The van der Waals surface area contributed by atoms with E-state index in [0.29, 0.717) is 0 Å². The van der Waals surface area contributed by atoms with Gasteiger partial charge in [0.05, 0.1) is 7.11 Å². The summed E-state index contributed by atoms with van der Waals surface area (Å²) in [4.78, 5) is 9.70. The van der Waals surface area contributed by atoms with Crippen molar-refractivity contribution in [3.63, 3.8) is 0 Å². The maximum Gasteiger partial charge on any atom is 0.451 e. The second kappa shape index (κ2) is 3.15. The average Bonchev–Trinajstić information content (AvgIpc) is 2.01.